The molecule has 0 spiro atoms. The maximum Gasteiger partial charge on any atom is 0.269 e. The van der Waals surface area contributed by atoms with Crippen molar-refractivity contribution in [3.63, 3.8) is 0 Å². The summed E-state index contributed by atoms with van der Waals surface area (Å²) >= 11 is 0. The number of ether oxygens (including phenoxy) is 6. The summed E-state index contributed by atoms with van der Waals surface area (Å²) in [5.41, 5.74) is -0.227. The molecule has 19 heteroatoms. The SMILES string of the molecule is O=[N+]([O-])c1ccc(O[C@@H]2O[C@H](CO)[C@H](O[C@@H]3O[C@H](CO)[C@H](O[C@@H]4O[C@H](CO)[C@H](O)[C@H](O)[C@H]4O)[C@H](O)[C@H]3O)[C@H](O)[C@H]2O)cc1. The Morgan fingerprint density at radius 2 is 1.02 bits per heavy atom. The van der Waals surface area contributed by atoms with Gasteiger partial charge in [0.2, 0.25) is 6.29 Å². The normalized spacial score (nSPS) is 43.7. The van der Waals surface area contributed by atoms with Crippen molar-refractivity contribution in [3.8, 4) is 5.75 Å². The van der Waals surface area contributed by atoms with Crippen molar-refractivity contribution >= 4 is 5.69 Å². The predicted octanol–water partition coefficient (Wildman–Crippen LogP) is -5.58. The second-order valence-corrected chi connectivity index (χ2v) is 10.2. The zero-order valence-electron chi connectivity index (χ0n) is 22.3. The number of non-ortho nitro benzene ring substituents is 1. The number of nitrogens with zero attached hydrogens (tertiary/aromatic N) is 1. The molecule has 0 amide bonds. The van der Waals surface area contributed by atoms with Gasteiger partial charge in [-0.15, -0.1) is 0 Å². The van der Waals surface area contributed by atoms with Gasteiger partial charge in [-0.2, -0.15) is 0 Å². The van der Waals surface area contributed by atoms with E-state index in [0.717, 1.165) is 12.1 Å². The second kappa shape index (κ2) is 14.3. The van der Waals surface area contributed by atoms with Crippen LogP contribution in [0, 0.1) is 10.1 Å². The van der Waals surface area contributed by atoms with E-state index in [1.54, 1.807) is 0 Å². The molecular weight excluding hydrogens is 590 g/mol. The summed E-state index contributed by atoms with van der Waals surface area (Å²) in [4.78, 5) is 10.2. The molecule has 0 bridgehead atoms. The summed E-state index contributed by atoms with van der Waals surface area (Å²) in [7, 11) is 0. The first-order valence-electron chi connectivity index (χ1n) is 13.2. The molecule has 10 N–H and O–H groups in total. The molecule has 1 aromatic rings. The van der Waals surface area contributed by atoms with E-state index in [2.05, 4.69) is 0 Å². The van der Waals surface area contributed by atoms with Gasteiger partial charge in [0.15, 0.2) is 12.6 Å². The zero-order valence-corrected chi connectivity index (χ0v) is 22.3. The van der Waals surface area contributed by atoms with Gasteiger partial charge in [0.05, 0.1) is 24.7 Å². The number of benzene rings is 1. The molecule has 244 valence electrons. The molecule has 3 saturated heterocycles. The standard InChI is InChI=1S/C24H35NO18/c26-5-10-13(29)14(30)17(33)23(39-10)42-21-12(7-28)41-24(19(35)16(21)32)43-20-11(6-27)40-22(18(34)15(20)31)38-9-3-1-8(2-4-9)25(36)37/h1-4,10-24,26-35H,5-7H2/t10-,11-,12-,13+,14+,15-,16-,17-,18-,19-,20+,21+,22-,23+,24+/m1/s1. The first-order valence-corrected chi connectivity index (χ1v) is 13.2. The zero-order chi connectivity index (χ0) is 31.6. The smallest absolute Gasteiger partial charge is 0.269 e. The van der Waals surface area contributed by atoms with Gasteiger partial charge >= 0.3 is 0 Å². The lowest BCUT2D eigenvalue weighted by Gasteiger charge is -2.48. The molecule has 0 aromatic heterocycles. The number of rotatable bonds is 10. The molecule has 1 aromatic carbocycles. The number of hydrogen-bond donors (Lipinski definition) is 10. The summed E-state index contributed by atoms with van der Waals surface area (Å²) < 4.78 is 32.8. The van der Waals surface area contributed by atoms with Gasteiger partial charge < -0.3 is 79.5 Å². The Balaban J connectivity index is 1.42. The molecule has 0 unspecified atom stereocenters. The Kier molecular flexibility index (Phi) is 11.2. The van der Waals surface area contributed by atoms with Gasteiger partial charge in [0.1, 0.15) is 79.0 Å². The monoisotopic (exact) mass is 625 g/mol. The molecule has 19 nitrogen and oxygen atoms in total. The van der Waals surface area contributed by atoms with Crippen LogP contribution in [-0.4, -0.2) is 168 Å². The van der Waals surface area contributed by atoms with Crippen molar-refractivity contribution in [1.29, 1.82) is 0 Å². The van der Waals surface area contributed by atoms with Gasteiger partial charge in [-0.05, 0) is 12.1 Å². The highest BCUT2D eigenvalue weighted by molar-refractivity contribution is 5.36. The summed E-state index contributed by atoms with van der Waals surface area (Å²) in [6, 6.07) is 4.72. The molecule has 0 radical (unpaired) electrons. The van der Waals surface area contributed by atoms with E-state index in [0.29, 0.717) is 0 Å². The van der Waals surface area contributed by atoms with Gasteiger partial charge in [-0.1, -0.05) is 0 Å². The molecule has 15 atom stereocenters. The van der Waals surface area contributed by atoms with E-state index < -0.39 is 117 Å². The number of aliphatic hydroxyl groups excluding tert-OH is 10. The average molecular weight is 626 g/mol. The van der Waals surface area contributed by atoms with E-state index >= 15 is 0 Å². The number of nitro benzene ring substituents is 1. The van der Waals surface area contributed by atoms with E-state index in [-0.39, 0.29) is 11.4 Å². The van der Waals surface area contributed by atoms with Crippen LogP contribution in [0.2, 0.25) is 0 Å². The highest BCUT2D eigenvalue weighted by Crippen LogP contribution is 2.33. The van der Waals surface area contributed by atoms with Crippen LogP contribution in [0.3, 0.4) is 0 Å². The van der Waals surface area contributed by atoms with Gasteiger partial charge in [-0.3, -0.25) is 10.1 Å². The number of nitro groups is 1. The lowest BCUT2D eigenvalue weighted by Crippen LogP contribution is -2.66. The van der Waals surface area contributed by atoms with Gasteiger partial charge in [0.25, 0.3) is 5.69 Å². The van der Waals surface area contributed by atoms with Crippen LogP contribution in [-0.2, 0) is 23.7 Å². The molecule has 43 heavy (non-hydrogen) atoms. The van der Waals surface area contributed by atoms with E-state index in [1.807, 2.05) is 0 Å². The largest absolute Gasteiger partial charge is 0.462 e. The molecule has 0 saturated carbocycles. The van der Waals surface area contributed by atoms with Crippen molar-refractivity contribution < 1.29 is 84.4 Å². The van der Waals surface area contributed by atoms with Crippen molar-refractivity contribution in [1.82, 2.24) is 0 Å². The Labute approximate surface area is 242 Å². The molecular formula is C24H35NO18. The van der Waals surface area contributed by atoms with Gasteiger partial charge in [-0.25, -0.2) is 0 Å². The predicted molar refractivity (Wildman–Crippen MR) is 133 cm³/mol. The van der Waals surface area contributed by atoms with Crippen molar-refractivity contribution in [2.75, 3.05) is 19.8 Å². The van der Waals surface area contributed by atoms with Crippen LogP contribution in [0.25, 0.3) is 0 Å². The third-order valence-electron chi connectivity index (χ3n) is 7.37. The summed E-state index contributed by atoms with van der Waals surface area (Å²) in [6.45, 7) is -2.42. The van der Waals surface area contributed by atoms with Crippen molar-refractivity contribution in [3.05, 3.63) is 34.4 Å². The minimum atomic E-state index is -1.96. The first-order chi connectivity index (χ1) is 20.4. The summed E-state index contributed by atoms with van der Waals surface area (Å²) in [5.74, 6) is 0.0308. The molecule has 4 rings (SSSR count). The van der Waals surface area contributed by atoms with Crippen LogP contribution in [0.1, 0.15) is 0 Å². The third-order valence-corrected chi connectivity index (χ3v) is 7.37. The number of aliphatic hydroxyl groups is 10. The molecule has 0 aliphatic carbocycles. The van der Waals surface area contributed by atoms with E-state index in [1.165, 1.54) is 12.1 Å². The lowest BCUT2D eigenvalue weighted by atomic mass is 9.96. The summed E-state index contributed by atoms with van der Waals surface area (Å²) in [6.07, 6.45) is -25.4. The van der Waals surface area contributed by atoms with Crippen LogP contribution >= 0.6 is 0 Å². The highest BCUT2D eigenvalue weighted by atomic mass is 16.8. The van der Waals surface area contributed by atoms with E-state index in [4.69, 9.17) is 28.4 Å². The van der Waals surface area contributed by atoms with E-state index in [9.17, 15) is 61.2 Å². The topological polar surface area (TPSA) is 301 Å². The fourth-order valence-corrected chi connectivity index (χ4v) is 4.92. The Morgan fingerprint density at radius 3 is 1.49 bits per heavy atom. The fraction of sp³-hybridized carbons (Fsp3) is 0.750. The number of hydrogen-bond acceptors (Lipinski definition) is 18. The quantitative estimate of drug-likeness (QED) is 0.0856. The Morgan fingerprint density at radius 1 is 0.605 bits per heavy atom. The minimum absolute atomic E-state index is 0.0308. The maximum atomic E-state index is 10.8. The third kappa shape index (κ3) is 7.06. The Bertz CT molecular complexity index is 1040. The summed E-state index contributed by atoms with van der Waals surface area (Å²) in [5, 5.41) is 113. The molecule has 3 fully saturated rings. The fourth-order valence-electron chi connectivity index (χ4n) is 4.92. The average Bonchev–Trinajstić information content (AvgIpc) is 3.00. The molecule has 3 heterocycles. The molecule has 3 aliphatic rings. The van der Waals surface area contributed by atoms with Crippen LogP contribution < -0.4 is 4.74 Å². The second-order valence-electron chi connectivity index (χ2n) is 10.2. The van der Waals surface area contributed by atoms with Gasteiger partial charge in [0, 0.05) is 12.1 Å². The van der Waals surface area contributed by atoms with Crippen LogP contribution in [0.5, 0.6) is 5.75 Å². The molecule has 3 aliphatic heterocycles. The maximum absolute atomic E-state index is 10.8. The first kappa shape index (κ1) is 33.7. The van der Waals surface area contributed by atoms with Crippen LogP contribution in [0.15, 0.2) is 24.3 Å². The van der Waals surface area contributed by atoms with Crippen molar-refractivity contribution in [2.24, 2.45) is 0 Å². The van der Waals surface area contributed by atoms with Crippen molar-refractivity contribution in [2.45, 2.75) is 92.1 Å². The minimum Gasteiger partial charge on any atom is -0.462 e. The highest BCUT2D eigenvalue weighted by Gasteiger charge is 2.53. The lowest BCUT2D eigenvalue weighted by molar-refractivity contribution is -0.384. The van der Waals surface area contributed by atoms with Crippen LogP contribution in [0.4, 0.5) is 5.69 Å². The Hall–Kier alpha value is -2.18.